The molecule has 1 fully saturated rings. The van der Waals surface area contributed by atoms with Crippen molar-refractivity contribution >= 4 is 11.3 Å². The van der Waals surface area contributed by atoms with E-state index in [0.717, 1.165) is 30.1 Å². The lowest BCUT2D eigenvalue weighted by Gasteiger charge is -2.29. The van der Waals surface area contributed by atoms with E-state index in [-0.39, 0.29) is 0 Å². The van der Waals surface area contributed by atoms with E-state index in [2.05, 4.69) is 27.2 Å². The standard InChI is InChI=1S/C20H23N3O2S/c1-24-17-8-6-15(7-9-17)18-5-3-2-4-11-23(18)13-19-21-20(25-22-19)16-10-12-26-14-16/h6-10,12,14,18H,2-5,11,13H2,1H3. The number of likely N-dealkylation sites (tertiary alicyclic amines) is 1. The summed E-state index contributed by atoms with van der Waals surface area (Å²) in [5.41, 5.74) is 2.32. The van der Waals surface area contributed by atoms with Crippen LogP contribution in [-0.2, 0) is 6.54 Å². The highest BCUT2D eigenvalue weighted by Crippen LogP contribution is 2.32. The van der Waals surface area contributed by atoms with Crippen LogP contribution in [-0.4, -0.2) is 28.7 Å². The summed E-state index contributed by atoms with van der Waals surface area (Å²) in [6.07, 6.45) is 4.89. The minimum atomic E-state index is 0.381. The van der Waals surface area contributed by atoms with Gasteiger partial charge in [-0.05, 0) is 48.5 Å². The Morgan fingerprint density at radius 2 is 2.08 bits per heavy atom. The number of nitrogens with zero attached hydrogens (tertiary/aromatic N) is 3. The van der Waals surface area contributed by atoms with Crippen LogP contribution in [0.5, 0.6) is 5.75 Å². The quantitative estimate of drug-likeness (QED) is 0.639. The predicted octanol–water partition coefficient (Wildman–Crippen LogP) is 4.92. The smallest absolute Gasteiger partial charge is 0.258 e. The third-order valence-corrected chi connectivity index (χ3v) is 5.63. The highest BCUT2D eigenvalue weighted by atomic mass is 32.1. The number of benzene rings is 1. The molecule has 0 aliphatic carbocycles. The van der Waals surface area contributed by atoms with Gasteiger partial charge >= 0.3 is 0 Å². The van der Waals surface area contributed by atoms with E-state index in [1.807, 2.05) is 29.0 Å². The number of ether oxygens (including phenoxy) is 1. The van der Waals surface area contributed by atoms with Gasteiger partial charge in [-0.3, -0.25) is 4.90 Å². The number of hydrogen-bond donors (Lipinski definition) is 0. The van der Waals surface area contributed by atoms with E-state index >= 15 is 0 Å². The van der Waals surface area contributed by atoms with Gasteiger partial charge in [-0.2, -0.15) is 16.3 Å². The molecule has 1 saturated heterocycles. The van der Waals surface area contributed by atoms with Crippen molar-refractivity contribution in [3.05, 3.63) is 52.5 Å². The van der Waals surface area contributed by atoms with Gasteiger partial charge in [-0.25, -0.2) is 0 Å². The van der Waals surface area contributed by atoms with Crippen molar-refractivity contribution in [2.24, 2.45) is 0 Å². The number of hydrogen-bond acceptors (Lipinski definition) is 6. The Bertz CT molecular complexity index is 814. The molecule has 26 heavy (non-hydrogen) atoms. The minimum absolute atomic E-state index is 0.381. The Labute approximate surface area is 157 Å². The molecule has 0 radical (unpaired) electrons. The third kappa shape index (κ3) is 3.81. The van der Waals surface area contributed by atoms with Crippen molar-refractivity contribution in [3.8, 4) is 17.2 Å². The molecule has 3 aromatic rings. The molecule has 0 bridgehead atoms. The summed E-state index contributed by atoms with van der Waals surface area (Å²) >= 11 is 1.63. The summed E-state index contributed by atoms with van der Waals surface area (Å²) in [4.78, 5) is 7.08. The molecule has 136 valence electrons. The van der Waals surface area contributed by atoms with E-state index in [0.29, 0.717) is 18.5 Å². The second kappa shape index (κ2) is 8.01. The fraction of sp³-hybridized carbons (Fsp3) is 0.400. The summed E-state index contributed by atoms with van der Waals surface area (Å²) in [7, 11) is 1.70. The first-order valence-corrected chi connectivity index (χ1v) is 10.0. The second-order valence-corrected chi connectivity index (χ2v) is 7.42. The summed E-state index contributed by atoms with van der Waals surface area (Å²) in [5, 5.41) is 8.26. The molecule has 0 N–H and O–H groups in total. The van der Waals surface area contributed by atoms with Crippen LogP contribution in [0.25, 0.3) is 11.5 Å². The maximum absolute atomic E-state index is 5.46. The van der Waals surface area contributed by atoms with E-state index in [4.69, 9.17) is 9.26 Å². The summed E-state index contributed by atoms with van der Waals surface area (Å²) in [6, 6.07) is 10.8. The van der Waals surface area contributed by atoms with Crippen LogP contribution in [0.1, 0.15) is 43.1 Å². The predicted molar refractivity (Wildman–Crippen MR) is 102 cm³/mol. The van der Waals surface area contributed by atoms with Crippen molar-refractivity contribution in [1.29, 1.82) is 0 Å². The average Bonchev–Trinajstić information content (AvgIpc) is 3.31. The van der Waals surface area contributed by atoms with Gasteiger partial charge < -0.3 is 9.26 Å². The van der Waals surface area contributed by atoms with Gasteiger partial charge in [0, 0.05) is 11.4 Å². The zero-order valence-electron chi connectivity index (χ0n) is 14.9. The maximum atomic E-state index is 5.46. The van der Waals surface area contributed by atoms with E-state index in [9.17, 15) is 0 Å². The zero-order valence-corrected chi connectivity index (χ0v) is 15.7. The normalized spacial score (nSPS) is 18.6. The lowest BCUT2D eigenvalue weighted by atomic mass is 10.0. The molecule has 1 aromatic carbocycles. The fourth-order valence-electron chi connectivity index (χ4n) is 3.56. The number of thiophene rings is 1. The summed E-state index contributed by atoms with van der Waals surface area (Å²) < 4.78 is 10.8. The molecule has 6 heteroatoms. The summed E-state index contributed by atoms with van der Waals surface area (Å²) in [6.45, 7) is 1.77. The van der Waals surface area contributed by atoms with Crippen molar-refractivity contribution in [2.75, 3.05) is 13.7 Å². The van der Waals surface area contributed by atoms with Gasteiger partial charge in [-0.1, -0.05) is 30.1 Å². The van der Waals surface area contributed by atoms with Crippen LogP contribution in [0, 0.1) is 0 Å². The molecule has 1 unspecified atom stereocenters. The molecular formula is C20H23N3O2S. The van der Waals surface area contributed by atoms with Gasteiger partial charge in [0.2, 0.25) is 0 Å². The molecule has 5 nitrogen and oxygen atoms in total. The van der Waals surface area contributed by atoms with Crippen LogP contribution in [0.4, 0.5) is 0 Å². The Balaban J connectivity index is 1.53. The van der Waals surface area contributed by atoms with Gasteiger partial charge in [0.15, 0.2) is 5.82 Å². The topological polar surface area (TPSA) is 51.4 Å². The van der Waals surface area contributed by atoms with Gasteiger partial charge in [0.05, 0.1) is 19.2 Å². The van der Waals surface area contributed by atoms with Gasteiger partial charge in [0.25, 0.3) is 5.89 Å². The Kier molecular flexibility index (Phi) is 5.32. The number of rotatable bonds is 5. The highest BCUT2D eigenvalue weighted by Gasteiger charge is 2.24. The SMILES string of the molecule is COc1ccc(C2CCCCCN2Cc2noc(-c3ccsc3)n2)cc1. The van der Waals surface area contributed by atoms with Crippen LogP contribution in [0.15, 0.2) is 45.6 Å². The first-order valence-electron chi connectivity index (χ1n) is 9.06. The van der Waals surface area contributed by atoms with Crippen molar-refractivity contribution in [3.63, 3.8) is 0 Å². The van der Waals surface area contributed by atoms with Gasteiger partial charge in [0.1, 0.15) is 5.75 Å². The molecule has 1 atom stereocenters. The maximum Gasteiger partial charge on any atom is 0.258 e. The van der Waals surface area contributed by atoms with Crippen molar-refractivity contribution in [1.82, 2.24) is 15.0 Å². The summed E-state index contributed by atoms with van der Waals surface area (Å²) in [5.74, 6) is 2.26. The lowest BCUT2D eigenvalue weighted by Crippen LogP contribution is -2.28. The Morgan fingerprint density at radius 1 is 1.19 bits per heavy atom. The Hall–Kier alpha value is -2.18. The van der Waals surface area contributed by atoms with Crippen LogP contribution >= 0.6 is 11.3 Å². The second-order valence-electron chi connectivity index (χ2n) is 6.64. The number of aromatic nitrogens is 2. The van der Waals surface area contributed by atoms with E-state index in [1.54, 1.807) is 18.4 Å². The van der Waals surface area contributed by atoms with Crippen LogP contribution < -0.4 is 4.74 Å². The van der Waals surface area contributed by atoms with E-state index < -0.39 is 0 Å². The minimum Gasteiger partial charge on any atom is -0.497 e. The Morgan fingerprint density at radius 3 is 2.85 bits per heavy atom. The first-order chi connectivity index (χ1) is 12.8. The zero-order chi connectivity index (χ0) is 17.8. The molecule has 2 aromatic heterocycles. The van der Waals surface area contributed by atoms with Gasteiger partial charge in [-0.15, -0.1) is 0 Å². The fourth-order valence-corrected chi connectivity index (χ4v) is 4.19. The molecule has 1 aliphatic rings. The average molecular weight is 369 g/mol. The molecule has 0 amide bonds. The largest absolute Gasteiger partial charge is 0.497 e. The molecular weight excluding hydrogens is 346 g/mol. The lowest BCUT2D eigenvalue weighted by molar-refractivity contribution is 0.185. The van der Waals surface area contributed by atoms with Crippen molar-refractivity contribution < 1.29 is 9.26 Å². The molecule has 0 spiro atoms. The van der Waals surface area contributed by atoms with E-state index in [1.165, 1.54) is 24.8 Å². The molecule has 3 heterocycles. The molecule has 0 saturated carbocycles. The molecule has 4 rings (SSSR count). The monoisotopic (exact) mass is 369 g/mol. The third-order valence-electron chi connectivity index (χ3n) is 4.94. The van der Waals surface area contributed by atoms with Crippen LogP contribution in [0.2, 0.25) is 0 Å². The number of methoxy groups -OCH3 is 1. The van der Waals surface area contributed by atoms with Crippen LogP contribution in [0.3, 0.4) is 0 Å². The van der Waals surface area contributed by atoms with Crippen molar-refractivity contribution in [2.45, 2.75) is 38.3 Å². The first kappa shape index (κ1) is 17.2. The molecule has 1 aliphatic heterocycles. The highest BCUT2D eigenvalue weighted by molar-refractivity contribution is 7.08.